The SMILES string of the molecule is O=c1cc[nH]c(-c2cc(-c3ccon3)n(Cc3ccccc3F)n2)c1. The molecule has 0 unspecified atom stereocenters. The first-order valence-electron chi connectivity index (χ1n) is 7.62. The first-order chi connectivity index (χ1) is 12.2. The molecule has 4 aromatic rings. The summed E-state index contributed by atoms with van der Waals surface area (Å²) < 4.78 is 20.6. The Kier molecular flexibility index (Phi) is 3.74. The molecule has 3 heterocycles. The topological polar surface area (TPSA) is 76.7 Å². The Morgan fingerprint density at radius 1 is 1.12 bits per heavy atom. The Hall–Kier alpha value is -3.48. The van der Waals surface area contributed by atoms with E-state index < -0.39 is 0 Å². The van der Waals surface area contributed by atoms with Gasteiger partial charge in [-0.2, -0.15) is 5.10 Å². The summed E-state index contributed by atoms with van der Waals surface area (Å²) >= 11 is 0. The van der Waals surface area contributed by atoms with Crippen molar-refractivity contribution in [3.8, 4) is 22.8 Å². The number of nitrogens with zero attached hydrogens (tertiary/aromatic N) is 3. The highest BCUT2D eigenvalue weighted by molar-refractivity contribution is 5.64. The van der Waals surface area contributed by atoms with Crippen LogP contribution in [-0.2, 0) is 6.54 Å². The largest absolute Gasteiger partial charge is 0.364 e. The van der Waals surface area contributed by atoms with E-state index in [4.69, 9.17) is 4.52 Å². The number of hydrogen-bond donors (Lipinski definition) is 1. The lowest BCUT2D eigenvalue weighted by Crippen LogP contribution is -2.06. The maximum absolute atomic E-state index is 14.0. The zero-order valence-electron chi connectivity index (χ0n) is 13.0. The Morgan fingerprint density at radius 2 is 2.00 bits per heavy atom. The molecular formula is C18H13FN4O2. The number of H-pyrrole nitrogens is 1. The van der Waals surface area contributed by atoms with Crippen molar-refractivity contribution in [1.82, 2.24) is 19.9 Å². The number of aromatic nitrogens is 4. The average molecular weight is 336 g/mol. The monoisotopic (exact) mass is 336 g/mol. The van der Waals surface area contributed by atoms with Crippen LogP contribution in [0, 0.1) is 5.82 Å². The molecule has 0 fully saturated rings. The lowest BCUT2D eigenvalue weighted by atomic mass is 10.2. The molecule has 0 amide bonds. The van der Waals surface area contributed by atoms with Crippen LogP contribution in [0.5, 0.6) is 0 Å². The van der Waals surface area contributed by atoms with E-state index in [0.717, 1.165) is 0 Å². The standard InChI is InChI=1S/C18H13FN4O2/c19-14-4-2-1-3-12(14)11-23-18(15-6-8-25-22-15)10-17(21-23)16-9-13(24)5-7-20-16/h1-10H,11H2,(H,20,24). The lowest BCUT2D eigenvalue weighted by molar-refractivity contribution is 0.421. The summed E-state index contributed by atoms with van der Waals surface area (Å²) in [5.41, 5.74) is 2.76. The molecule has 0 atom stereocenters. The molecule has 6 nitrogen and oxygen atoms in total. The van der Waals surface area contributed by atoms with E-state index in [9.17, 15) is 9.18 Å². The van der Waals surface area contributed by atoms with E-state index in [-0.39, 0.29) is 17.8 Å². The first kappa shape index (κ1) is 15.1. The van der Waals surface area contributed by atoms with Crippen molar-refractivity contribution < 1.29 is 8.91 Å². The fourth-order valence-corrected chi connectivity index (χ4v) is 2.60. The van der Waals surface area contributed by atoms with Crippen molar-refractivity contribution in [3.05, 3.63) is 82.6 Å². The molecule has 0 saturated carbocycles. The maximum Gasteiger partial charge on any atom is 0.182 e. The van der Waals surface area contributed by atoms with Gasteiger partial charge >= 0.3 is 0 Å². The molecule has 0 saturated heterocycles. The van der Waals surface area contributed by atoms with Gasteiger partial charge in [0.25, 0.3) is 0 Å². The molecule has 0 aliphatic heterocycles. The van der Waals surface area contributed by atoms with E-state index in [1.165, 1.54) is 24.5 Å². The predicted octanol–water partition coefficient (Wildman–Crippen LogP) is 3.08. The maximum atomic E-state index is 14.0. The van der Waals surface area contributed by atoms with Gasteiger partial charge in [-0.05, 0) is 12.1 Å². The second-order valence-corrected chi connectivity index (χ2v) is 5.49. The van der Waals surface area contributed by atoms with Crippen LogP contribution >= 0.6 is 0 Å². The third-order valence-corrected chi connectivity index (χ3v) is 3.81. The highest BCUT2D eigenvalue weighted by Gasteiger charge is 2.15. The molecule has 0 spiro atoms. The Morgan fingerprint density at radius 3 is 2.76 bits per heavy atom. The van der Waals surface area contributed by atoms with Gasteiger partial charge in [-0.3, -0.25) is 9.48 Å². The molecule has 1 N–H and O–H groups in total. The normalized spacial score (nSPS) is 10.9. The van der Waals surface area contributed by atoms with Crippen LogP contribution in [0.1, 0.15) is 5.56 Å². The molecule has 124 valence electrons. The van der Waals surface area contributed by atoms with Gasteiger partial charge in [0, 0.05) is 30.0 Å². The van der Waals surface area contributed by atoms with E-state index in [1.807, 2.05) is 0 Å². The minimum Gasteiger partial charge on any atom is -0.364 e. The number of rotatable bonds is 4. The Bertz CT molecular complexity index is 1070. The first-order valence-corrected chi connectivity index (χ1v) is 7.62. The third kappa shape index (κ3) is 2.99. The van der Waals surface area contributed by atoms with Crippen molar-refractivity contribution in [1.29, 1.82) is 0 Å². The third-order valence-electron chi connectivity index (χ3n) is 3.81. The van der Waals surface area contributed by atoms with Gasteiger partial charge in [-0.25, -0.2) is 4.39 Å². The lowest BCUT2D eigenvalue weighted by Gasteiger charge is -2.06. The number of benzene rings is 1. The Labute approximate surface area is 141 Å². The second kappa shape index (κ2) is 6.20. The van der Waals surface area contributed by atoms with Crippen molar-refractivity contribution in [3.63, 3.8) is 0 Å². The summed E-state index contributed by atoms with van der Waals surface area (Å²) in [6.07, 6.45) is 3.02. The van der Waals surface area contributed by atoms with Crippen molar-refractivity contribution in [2.24, 2.45) is 0 Å². The molecule has 4 rings (SSSR count). The van der Waals surface area contributed by atoms with Crippen LogP contribution in [0.25, 0.3) is 22.8 Å². The van der Waals surface area contributed by atoms with Gasteiger partial charge in [0.05, 0.1) is 17.9 Å². The zero-order chi connectivity index (χ0) is 17.2. The van der Waals surface area contributed by atoms with Gasteiger partial charge in [-0.15, -0.1) is 0 Å². The number of aromatic amines is 1. The summed E-state index contributed by atoms with van der Waals surface area (Å²) in [5, 5.41) is 8.45. The van der Waals surface area contributed by atoms with Crippen LogP contribution < -0.4 is 5.43 Å². The molecular weight excluding hydrogens is 323 g/mol. The number of pyridine rings is 1. The van der Waals surface area contributed by atoms with Crippen molar-refractivity contribution in [2.45, 2.75) is 6.54 Å². The van der Waals surface area contributed by atoms with Gasteiger partial charge in [0.2, 0.25) is 0 Å². The Balaban J connectivity index is 1.82. The number of halogens is 1. The summed E-state index contributed by atoms with van der Waals surface area (Å²) in [4.78, 5) is 14.6. The van der Waals surface area contributed by atoms with Gasteiger partial charge in [-0.1, -0.05) is 23.4 Å². The summed E-state index contributed by atoms with van der Waals surface area (Å²) in [5.74, 6) is -0.307. The highest BCUT2D eigenvalue weighted by atomic mass is 19.1. The van der Waals surface area contributed by atoms with Crippen LogP contribution in [-0.4, -0.2) is 19.9 Å². The second-order valence-electron chi connectivity index (χ2n) is 5.49. The molecule has 3 aromatic heterocycles. The van der Waals surface area contributed by atoms with Crippen LogP contribution in [0.2, 0.25) is 0 Å². The van der Waals surface area contributed by atoms with E-state index in [0.29, 0.717) is 28.3 Å². The zero-order valence-corrected chi connectivity index (χ0v) is 13.0. The quantitative estimate of drug-likeness (QED) is 0.621. The molecule has 1 aromatic carbocycles. The summed E-state index contributed by atoms with van der Waals surface area (Å²) in [7, 11) is 0. The molecule has 0 bridgehead atoms. The molecule has 7 heteroatoms. The summed E-state index contributed by atoms with van der Waals surface area (Å²) in [6.45, 7) is 0.228. The smallest absolute Gasteiger partial charge is 0.182 e. The summed E-state index contributed by atoms with van der Waals surface area (Å²) in [6, 6.07) is 12.9. The fraction of sp³-hybridized carbons (Fsp3) is 0.0556. The van der Waals surface area contributed by atoms with Crippen LogP contribution in [0.15, 0.2) is 70.3 Å². The van der Waals surface area contributed by atoms with Crippen molar-refractivity contribution in [2.75, 3.05) is 0 Å². The van der Waals surface area contributed by atoms with Gasteiger partial charge < -0.3 is 9.51 Å². The fourth-order valence-electron chi connectivity index (χ4n) is 2.60. The van der Waals surface area contributed by atoms with Crippen molar-refractivity contribution >= 4 is 0 Å². The van der Waals surface area contributed by atoms with Crippen LogP contribution in [0.4, 0.5) is 4.39 Å². The number of hydrogen-bond acceptors (Lipinski definition) is 4. The number of nitrogens with one attached hydrogen (secondary N) is 1. The molecule has 0 aliphatic carbocycles. The van der Waals surface area contributed by atoms with E-state index in [1.54, 1.807) is 41.2 Å². The molecule has 0 aliphatic rings. The molecule has 25 heavy (non-hydrogen) atoms. The van der Waals surface area contributed by atoms with Crippen LogP contribution in [0.3, 0.4) is 0 Å². The highest BCUT2D eigenvalue weighted by Crippen LogP contribution is 2.24. The van der Waals surface area contributed by atoms with E-state index in [2.05, 4.69) is 15.2 Å². The molecule has 0 radical (unpaired) electrons. The average Bonchev–Trinajstić information content (AvgIpc) is 3.26. The van der Waals surface area contributed by atoms with Gasteiger partial charge in [0.1, 0.15) is 23.5 Å². The predicted molar refractivity (Wildman–Crippen MR) is 89.3 cm³/mol. The minimum absolute atomic E-state index is 0.125. The van der Waals surface area contributed by atoms with Gasteiger partial charge in [0.15, 0.2) is 5.43 Å². The van der Waals surface area contributed by atoms with E-state index >= 15 is 0 Å². The minimum atomic E-state index is -0.307.